The van der Waals surface area contributed by atoms with Crippen molar-refractivity contribution < 1.29 is 18.1 Å². The molecule has 1 aromatic rings. The monoisotopic (exact) mass is 249 g/mol. The van der Waals surface area contributed by atoms with Crippen molar-refractivity contribution in [1.29, 1.82) is 0 Å². The van der Waals surface area contributed by atoms with Crippen molar-refractivity contribution in [2.75, 3.05) is 19.5 Å². The summed E-state index contributed by atoms with van der Waals surface area (Å²) in [5, 5.41) is 12.1. The van der Waals surface area contributed by atoms with Crippen LogP contribution in [0, 0.1) is 10.1 Å². The molecule has 0 aliphatic rings. The SMILES string of the molecule is CN(C)Nc1ccc(C(F)(F)F)cc1[N+](=O)[O-]. The highest BCUT2D eigenvalue weighted by molar-refractivity contribution is 5.62. The third-order valence-corrected chi connectivity index (χ3v) is 1.87. The van der Waals surface area contributed by atoms with Gasteiger partial charge in [0.25, 0.3) is 5.69 Å². The lowest BCUT2D eigenvalue weighted by Gasteiger charge is -2.14. The average Bonchev–Trinajstić information content (AvgIpc) is 2.15. The standard InChI is InChI=1S/C9H10F3N3O2/c1-14(2)13-7-4-3-6(9(10,11)12)5-8(7)15(16)17/h3-5,13H,1-2H3. The average molecular weight is 249 g/mol. The summed E-state index contributed by atoms with van der Waals surface area (Å²) in [7, 11) is 3.14. The molecular formula is C9H10F3N3O2. The number of nitrogens with zero attached hydrogens (tertiary/aromatic N) is 2. The second-order valence-electron chi connectivity index (χ2n) is 3.49. The molecule has 0 aromatic heterocycles. The number of nitrogens with one attached hydrogen (secondary N) is 1. The molecule has 0 aliphatic carbocycles. The number of benzene rings is 1. The van der Waals surface area contributed by atoms with Crippen LogP contribution in [-0.4, -0.2) is 24.0 Å². The number of alkyl halides is 3. The van der Waals surface area contributed by atoms with Crippen LogP contribution in [0.25, 0.3) is 0 Å². The van der Waals surface area contributed by atoms with Gasteiger partial charge in [0.2, 0.25) is 0 Å². The Morgan fingerprint density at radius 2 is 1.94 bits per heavy atom. The van der Waals surface area contributed by atoms with E-state index in [0.717, 1.165) is 12.1 Å². The van der Waals surface area contributed by atoms with Crippen molar-refractivity contribution in [3.05, 3.63) is 33.9 Å². The van der Waals surface area contributed by atoms with Crippen LogP contribution in [0.3, 0.4) is 0 Å². The molecule has 8 heteroatoms. The minimum absolute atomic E-state index is 0.00741. The molecule has 1 rings (SSSR count). The summed E-state index contributed by atoms with van der Waals surface area (Å²) in [6.07, 6.45) is -4.60. The first kappa shape index (κ1) is 13.2. The number of anilines is 1. The molecule has 0 amide bonds. The first-order valence-electron chi connectivity index (χ1n) is 4.51. The van der Waals surface area contributed by atoms with Crippen molar-refractivity contribution in [1.82, 2.24) is 5.01 Å². The molecule has 0 bridgehead atoms. The molecule has 1 aromatic carbocycles. The normalized spacial score (nSPS) is 11.6. The lowest BCUT2D eigenvalue weighted by Crippen LogP contribution is -2.20. The summed E-state index contributed by atoms with van der Waals surface area (Å²) in [4.78, 5) is 9.80. The maximum atomic E-state index is 12.4. The number of hydrogen-bond acceptors (Lipinski definition) is 4. The van der Waals surface area contributed by atoms with Crippen LogP contribution >= 0.6 is 0 Å². The van der Waals surface area contributed by atoms with Gasteiger partial charge in [-0.3, -0.25) is 10.1 Å². The molecule has 94 valence electrons. The van der Waals surface area contributed by atoms with Crippen LogP contribution in [-0.2, 0) is 6.18 Å². The molecule has 5 nitrogen and oxygen atoms in total. The summed E-state index contributed by atoms with van der Waals surface area (Å²) in [5.74, 6) is 0. The van der Waals surface area contributed by atoms with Gasteiger partial charge in [0.05, 0.1) is 10.5 Å². The third kappa shape index (κ3) is 3.31. The van der Waals surface area contributed by atoms with Crippen molar-refractivity contribution in [3.63, 3.8) is 0 Å². The van der Waals surface area contributed by atoms with E-state index in [4.69, 9.17) is 0 Å². The highest BCUT2D eigenvalue weighted by Gasteiger charge is 2.33. The molecule has 0 heterocycles. The van der Waals surface area contributed by atoms with Gasteiger partial charge in [-0.2, -0.15) is 13.2 Å². The quantitative estimate of drug-likeness (QED) is 0.660. The van der Waals surface area contributed by atoms with Crippen LogP contribution in [0.2, 0.25) is 0 Å². The number of nitro benzene ring substituents is 1. The summed E-state index contributed by atoms with van der Waals surface area (Å²) < 4.78 is 37.1. The summed E-state index contributed by atoms with van der Waals surface area (Å²) >= 11 is 0. The Bertz CT molecular complexity index is 432. The van der Waals surface area contributed by atoms with E-state index >= 15 is 0 Å². The lowest BCUT2D eigenvalue weighted by molar-refractivity contribution is -0.384. The zero-order chi connectivity index (χ0) is 13.2. The predicted octanol–water partition coefficient (Wildman–Crippen LogP) is 2.50. The van der Waals surface area contributed by atoms with Gasteiger partial charge in [0.15, 0.2) is 0 Å². The highest BCUT2D eigenvalue weighted by atomic mass is 19.4. The molecular weight excluding hydrogens is 239 g/mol. The minimum Gasteiger partial charge on any atom is -0.313 e. The van der Waals surface area contributed by atoms with Gasteiger partial charge in [-0.15, -0.1) is 0 Å². The van der Waals surface area contributed by atoms with Crippen molar-refractivity contribution in [2.45, 2.75) is 6.18 Å². The Kier molecular flexibility index (Phi) is 3.56. The molecule has 0 atom stereocenters. The number of hydrogen-bond donors (Lipinski definition) is 1. The number of hydrazine groups is 1. The predicted molar refractivity (Wildman–Crippen MR) is 55.4 cm³/mol. The highest BCUT2D eigenvalue weighted by Crippen LogP contribution is 2.34. The Balaban J connectivity index is 3.22. The smallest absolute Gasteiger partial charge is 0.313 e. The first-order chi connectivity index (χ1) is 7.71. The molecule has 0 saturated carbocycles. The van der Waals surface area contributed by atoms with E-state index in [0.29, 0.717) is 6.07 Å². The van der Waals surface area contributed by atoms with Gasteiger partial charge < -0.3 is 5.43 Å². The van der Waals surface area contributed by atoms with Gasteiger partial charge in [-0.05, 0) is 12.1 Å². The largest absolute Gasteiger partial charge is 0.416 e. The van der Waals surface area contributed by atoms with Gasteiger partial charge >= 0.3 is 6.18 Å². The maximum Gasteiger partial charge on any atom is 0.416 e. The Labute approximate surface area is 95.0 Å². The van der Waals surface area contributed by atoms with Crippen molar-refractivity contribution in [2.24, 2.45) is 0 Å². The lowest BCUT2D eigenvalue weighted by atomic mass is 10.1. The van der Waals surface area contributed by atoms with E-state index in [1.165, 1.54) is 5.01 Å². The zero-order valence-corrected chi connectivity index (χ0v) is 9.08. The van der Waals surface area contributed by atoms with Crippen LogP contribution < -0.4 is 5.43 Å². The fraction of sp³-hybridized carbons (Fsp3) is 0.333. The van der Waals surface area contributed by atoms with Crippen LogP contribution in [0.4, 0.5) is 24.5 Å². The maximum absolute atomic E-state index is 12.4. The van der Waals surface area contributed by atoms with Gasteiger partial charge in [0, 0.05) is 20.2 Å². The fourth-order valence-corrected chi connectivity index (χ4v) is 1.19. The molecule has 0 unspecified atom stereocenters. The van der Waals surface area contributed by atoms with Gasteiger partial charge in [-0.25, -0.2) is 5.01 Å². The summed E-state index contributed by atoms with van der Waals surface area (Å²) in [6, 6.07) is 2.33. The van der Waals surface area contributed by atoms with E-state index in [9.17, 15) is 23.3 Å². The minimum atomic E-state index is -4.60. The number of rotatable bonds is 3. The molecule has 0 saturated heterocycles. The number of halogens is 3. The molecule has 0 spiro atoms. The third-order valence-electron chi connectivity index (χ3n) is 1.87. The van der Waals surface area contributed by atoms with E-state index < -0.39 is 22.4 Å². The second-order valence-corrected chi connectivity index (χ2v) is 3.49. The summed E-state index contributed by atoms with van der Waals surface area (Å²) in [6.45, 7) is 0. The Morgan fingerprint density at radius 3 is 2.35 bits per heavy atom. The van der Waals surface area contributed by atoms with E-state index in [1.54, 1.807) is 14.1 Å². The topological polar surface area (TPSA) is 58.4 Å². The van der Waals surface area contributed by atoms with E-state index in [1.807, 2.05) is 0 Å². The van der Waals surface area contributed by atoms with Crippen molar-refractivity contribution in [3.8, 4) is 0 Å². The molecule has 0 aliphatic heterocycles. The van der Waals surface area contributed by atoms with Crippen LogP contribution in [0.5, 0.6) is 0 Å². The molecule has 1 N–H and O–H groups in total. The Morgan fingerprint density at radius 1 is 1.35 bits per heavy atom. The zero-order valence-electron chi connectivity index (χ0n) is 9.08. The first-order valence-corrected chi connectivity index (χ1v) is 4.51. The molecule has 0 radical (unpaired) electrons. The molecule has 17 heavy (non-hydrogen) atoms. The Hall–Kier alpha value is -1.83. The molecule has 0 fully saturated rings. The van der Waals surface area contributed by atoms with E-state index in [2.05, 4.69) is 5.43 Å². The van der Waals surface area contributed by atoms with Gasteiger partial charge in [-0.1, -0.05) is 0 Å². The van der Waals surface area contributed by atoms with Crippen LogP contribution in [0.15, 0.2) is 18.2 Å². The number of nitro groups is 1. The van der Waals surface area contributed by atoms with Crippen LogP contribution in [0.1, 0.15) is 5.56 Å². The van der Waals surface area contributed by atoms with Gasteiger partial charge in [0.1, 0.15) is 5.69 Å². The van der Waals surface area contributed by atoms with Crippen molar-refractivity contribution >= 4 is 11.4 Å². The second kappa shape index (κ2) is 4.58. The summed E-state index contributed by atoms with van der Waals surface area (Å²) in [5.41, 5.74) is 0.900. The van der Waals surface area contributed by atoms with E-state index in [-0.39, 0.29) is 5.69 Å². The fourth-order valence-electron chi connectivity index (χ4n) is 1.19.